The van der Waals surface area contributed by atoms with Crippen molar-refractivity contribution in [3.05, 3.63) is 29.8 Å². The molecular weight excluding hydrogens is 216 g/mol. The minimum atomic E-state index is 0.796. The Kier molecular flexibility index (Phi) is 7.30. The molecular formula is C13H22N2S. The summed E-state index contributed by atoms with van der Waals surface area (Å²) in [6, 6.07) is 8.80. The summed E-state index contributed by atoms with van der Waals surface area (Å²) < 4.78 is 0. The summed E-state index contributed by atoms with van der Waals surface area (Å²) in [4.78, 5) is 1.36. The Bertz CT molecular complexity index is 272. The van der Waals surface area contributed by atoms with Gasteiger partial charge in [-0.15, -0.1) is 11.8 Å². The molecule has 0 heterocycles. The van der Waals surface area contributed by atoms with Crippen LogP contribution in [0.4, 0.5) is 0 Å². The number of nitrogens with one attached hydrogen (secondary N) is 1. The zero-order valence-corrected chi connectivity index (χ0v) is 10.9. The lowest BCUT2D eigenvalue weighted by molar-refractivity contribution is 0.627. The van der Waals surface area contributed by atoms with Gasteiger partial charge in [0.15, 0.2) is 0 Å². The molecule has 3 heteroatoms. The third kappa shape index (κ3) is 5.54. The zero-order valence-electron chi connectivity index (χ0n) is 10.0. The van der Waals surface area contributed by atoms with Crippen LogP contribution in [0.5, 0.6) is 0 Å². The standard InChI is InChI=1S/C13H22N2S/c1-2-16-13-7-5-12(6-8-13)11-15-10-4-3-9-14/h5-8,15H,2-4,9-11,14H2,1H3. The molecule has 0 aliphatic carbocycles. The van der Waals surface area contributed by atoms with Crippen molar-refractivity contribution < 1.29 is 0 Å². The summed E-state index contributed by atoms with van der Waals surface area (Å²) in [5.74, 6) is 1.14. The Balaban J connectivity index is 2.21. The highest BCUT2D eigenvalue weighted by atomic mass is 32.2. The Hall–Kier alpha value is -0.510. The van der Waals surface area contributed by atoms with Gasteiger partial charge in [0, 0.05) is 11.4 Å². The van der Waals surface area contributed by atoms with Crippen LogP contribution in [0.25, 0.3) is 0 Å². The van der Waals surface area contributed by atoms with Crippen molar-refractivity contribution in [2.24, 2.45) is 5.73 Å². The Morgan fingerprint density at radius 3 is 2.56 bits per heavy atom. The van der Waals surface area contributed by atoms with Crippen molar-refractivity contribution in [1.29, 1.82) is 0 Å². The predicted molar refractivity (Wildman–Crippen MR) is 72.8 cm³/mol. The SMILES string of the molecule is CCSc1ccc(CNCCCCN)cc1. The maximum Gasteiger partial charge on any atom is 0.0205 e. The van der Waals surface area contributed by atoms with Gasteiger partial charge >= 0.3 is 0 Å². The second-order valence-electron chi connectivity index (χ2n) is 3.75. The normalized spacial score (nSPS) is 10.6. The first-order chi connectivity index (χ1) is 7.86. The van der Waals surface area contributed by atoms with Crippen LogP contribution in [0.2, 0.25) is 0 Å². The van der Waals surface area contributed by atoms with Crippen molar-refractivity contribution >= 4 is 11.8 Å². The van der Waals surface area contributed by atoms with Gasteiger partial charge in [-0.05, 0) is 49.4 Å². The largest absolute Gasteiger partial charge is 0.330 e. The molecule has 0 bridgehead atoms. The number of thioether (sulfide) groups is 1. The van der Waals surface area contributed by atoms with Gasteiger partial charge in [0.25, 0.3) is 0 Å². The molecule has 0 unspecified atom stereocenters. The molecule has 0 fully saturated rings. The van der Waals surface area contributed by atoms with E-state index < -0.39 is 0 Å². The highest BCUT2D eigenvalue weighted by Gasteiger charge is 1.94. The number of unbranched alkanes of at least 4 members (excludes halogenated alkanes) is 1. The quantitative estimate of drug-likeness (QED) is 0.540. The number of hydrogen-bond donors (Lipinski definition) is 2. The maximum absolute atomic E-state index is 5.44. The lowest BCUT2D eigenvalue weighted by Gasteiger charge is -2.05. The molecule has 3 N–H and O–H groups in total. The van der Waals surface area contributed by atoms with E-state index in [4.69, 9.17) is 5.73 Å². The summed E-state index contributed by atoms with van der Waals surface area (Å²) in [6.45, 7) is 4.99. The second kappa shape index (κ2) is 8.62. The summed E-state index contributed by atoms with van der Waals surface area (Å²) in [6.07, 6.45) is 2.28. The van der Waals surface area contributed by atoms with E-state index in [1.807, 2.05) is 11.8 Å². The highest BCUT2D eigenvalue weighted by molar-refractivity contribution is 7.99. The van der Waals surface area contributed by atoms with E-state index in [0.29, 0.717) is 0 Å². The summed E-state index contributed by atoms with van der Waals surface area (Å²) in [5, 5.41) is 3.43. The van der Waals surface area contributed by atoms with Crippen LogP contribution in [-0.2, 0) is 6.54 Å². The smallest absolute Gasteiger partial charge is 0.0205 e. The van der Waals surface area contributed by atoms with Gasteiger partial charge < -0.3 is 11.1 Å². The minimum absolute atomic E-state index is 0.796. The molecule has 0 aliphatic rings. The van der Waals surface area contributed by atoms with Crippen LogP contribution < -0.4 is 11.1 Å². The van der Waals surface area contributed by atoms with Crippen LogP contribution >= 0.6 is 11.8 Å². The first-order valence-corrected chi connectivity index (χ1v) is 6.98. The van der Waals surface area contributed by atoms with Gasteiger partial charge in [0.2, 0.25) is 0 Å². The van der Waals surface area contributed by atoms with Gasteiger partial charge in [0.1, 0.15) is 0 Å². The van der Waals surface area contributed by atoms with Crippen LogP contribution in [0.15, 0.2) is 29.2 Å². The second-order valence-corrected chi connectivity index (χ2v) is 5.09. The molecule has 16 heavy (non-hydrogen) atoms. The number of benzene rings is 1. The molecule has 0 saturated heterocycles. The van der Waals surface area contributed by atoms with E-state index >= 15 is 0 Å². The van der Waals surface area contributed by atoms with Crippen molar-refractivity contribution in [3.8, 4) is 0 Å². The molecule has 0 saturated carbocycles. The molecule has 0 atom stereocenters. The molecule has 0 radical (unpaired) electrons. The Labute approximate surface area is 103 Å². The molecule has 0 aromatic heterocycles. The van der Waals surface area contributed by atoms with E-state index in [-0.39, 0.29) is 0 Å². The fraction of sp³-hybridized carbons (Fsp3) is 0.538. The lowest BCUT2D eigenvalue weighted by Crippen LogP contribution is -2.15. The predicted octanol–water partition coefficient (Wildman–Crippen LogP) is 2.63. The Morgan fingerprint density at radius 2 is 1.94 bits per heavy atom. The van der Waals surface area contributed by atoms with E-state index in [1.165, 1.54) is 16.9 Å². The lowest BCUT2D eigenvalue weighted by atomic mass is 10.2. The minimum Gasteiger partial charge on any atom is -0.330 e. The summed E-state index contributed by atoms with van der Waals surface area (Å²) in [7, 11) is 0. The fourth-order valence-corrected chi connectivity index (χ4v) is 2.16. The van der Waals surface area contributed by atoms with Crippen LogP contribution in [0.3, 0.4) is 0 Å². The number of rotatable bonds is 8. The average Bonchev–Trinajstić information content (AvgIpc) is 2.31. The molecule has 1 rings (SSSR count). The van der Waals surface area contributed by atoms with E-state index in [2.05, 4.69) is 36.5 Å². The maximum atomic E-state index is 5.44. The van der Waals surface area contributed by atoms with Crippen LogP contribution in [-0.4, -0.2) is 18.8 Å². The fourth-order valence-electron chi connectivity index (χ4n) is 1.50. The average molecular weight is 238 g/mol. The molecule has 90 valence electrons. The number of nitrogens with two attached hydrogens (primary N) is 1. The third-order valence-electron chi connectivity index (χ3n) is 2.37. The van der Waals surface area contributed by atoms with Crippen LogP contribution in [0.1, 0.15) is 25.3 Å². The van der Waals surface area contributed by atoms with Crippen molar-refractivity contribution in [2.45, 2.75) is 31.2 Å². The van der Waals surface area contributed by atoms with E-state index in [1.54, 1.807) is 0 Å². The monoisotopic (exact) mass is 238 g/mol. The van der Waals surface area contributed by atoms with E-state index in [0.717, 1.165) is 31.8 Å². The summed E-state index contributed by atoms with van der Waals surface area (Å²) >= 11 is 1.88. The summed E-state index contributed by atoms with van der Waals surface area (Å²) in [5.41, 5.74) is 6.79. The van der Waals surface area contributed by atoms with E-state index in [9.17, 15) is 0 Å². The van der Waals surface area contributed by atoms with Crippen LogP contribution in [0, 0.1) is 0 Å². The van der Waals surface area contributed by atoms with Gasteiger partial charge in [-0.25, -0.2) is 0 Å². The van der Waals surface area contributed by atoms with Crippen molar-refractivity contribution in [3.63, 3.8) is 0 Å². The first-order valence-electron chi connectivity index (χ1n) is 5.99. The molecule has 1 aromatic carbocycles. The molecule has 2 nitrogen and oxygen atoms in total. The molecule has 0 amide bonds. The third-order valence-corrected chi connectivity index (χ3v) is 3.27. The number of hydrogen-bond acceptors (Lipinski definition) is 3. The molecule has 1 aromatic rings. The van der Waals surface area contributed by atoms with Gasteiger partial charge in [0.05, 0.1) is 0 Å². The van der Waals surface area contributed by atoms with Crippen molar-refractivity contribution in [2.75, 3.05) is 18.8 Å². The first kappa shape index (κ1) is 13.6. The topological polar surface area (TPSA) is 38.0 Å². The van der Waals surface area contributed by atoms with Gasteiger partial charge in [-0.3, -0.25) is 0 Å². The van der Waals surface area contributed by atoms with Crippen molar-refractivity contribution in [1.82, 2.24) is 5.32 Å². The van der Waals surface area contributed by atoms with Gasteiger partial charge in [-0.1, -0.05) is 19.1 Å². The molecule has 0 spiro atoms. The zero-order chi connectivity index (χ0) is 11.6. The highest BCUT2D eigenvalue weighted by Crippen LogP contribution is 2.17. The van der Waals surface area contributed by atoms with Gasteiger partial charge in [-0.2, -0.15) is 0 Å². The Morgan fingerprint density at radius 1 is 1.19 bits per heavy atom. The molecule has 0 aliphatic heterocycles.